The lowest BCUT2D eigenvalue weighted by atomic mass is 10.0. The number of ether oxygens (including phenoxy) is 3. The van der Waals surface area contributed by atoms with Crippen LogP contribution in [0.5, 0.6) is 11.5 Å². The monoisotopic (exact) mass is 362 g/mol. The Kier molecular flexibility index (Phi) is 5.30. The quantitative estimate of drug-likeness (QED) is 0.595. The molecule has 3 aromatic rings. The summed E-state index contributed by atoms with van der Waals surface area (Å²) < 4.78 is 17.3. The predicted octanol–water partition coefficient (Wildman–Crippen LogP) is 4.55. The smallest absolute Gasteiger partial charge is 0.162 e. The third-order valence-electron chi connectivity index (χ3n) is 4.54. The number of hydrogen-bond acceptors (Lipinski definition) is 5. The average molecular weight is 362 g/mol. The van der Waals surface area contributed by atoms with Crippen LogP contribution in [0.2, 0.25) is 0 Å². The van der Waals surface area contributed by atoms with Crippen LogP contribution in [0.3, 0.4) is 0 Å². The molecule has 0 saturated heterocycles. The molecule has 0 saturated carbocycles. The molecule has 1 aromatic heterocycles. The molecule has 0 amide bonds. The maximum absolute atomic E-state index is 6.00. The van der Waals surface area contributed by atoms with Gasteiger partial charge in [0.05, 0.1) is 38.1 Å². The highest BCUT2D eigenvalue weighted by molar-refractivity contribution is 5.94. The predicted molar refractivity (Wildman–Crippen MR) is 105 cm³/mol. The second-order valence-corrected chi connectivity index (χ2v) is 6.42. The number of nitrogens with zero attached hydrogens (tertiary/aromatic N) is 2. The van der Waals surface area contributed by atoms with Crippen LogP contribution < -0.4 is 9.47 Å². The molecule has 0 aliphatic carbocycles. The molecule has 4 bridgehead atoms. The van der Waals surface area contributed by atoms with E-state index in [0.717, 1.165) is 46.3 Å². The molecule has 0 atom stereocenters. The van der Waals surface area contributed by atoms with Crippen LogP contribution in [-0.2, 0) is 11.3 Å². The summed E-state index contributed by atoms with van der Waals surface area (Å²) >= 11 is 0. The van der Waals surface area contributed by atoms with E-state index < -0.39 is 0 Å². The van der Waals surface area contributed by atoms with Crippen molar-refractivity contribution in [2.45, 2.75) is 19.4 Å². The molecule has 0 N–H and O–H groups in total. The Morgan fingerprint density at radius 1 is 1.07 bits per heavy atom. The van der Waals surface area contributed by atoms with Gasteiger partial charge >= 0.3 is 0 Å². The molecular weight excluding hydrogens is 340 g/mol. The van der Waals surface area contributed by atoms with Crippen LogP contribution in [0.4, 0.5) is 0 Å². The van der Waals surface area contributed by atoms with E-state index in [1.54, 1.807) is 13.4 Å². The molecule has 2 heterocycles. The highest BCUT2D eigenvalue weighted by atomic mass is 16.5. The lowest BCUT2D eigenvalue weighted by molar-refractivity contribution is 0.148. The molecule has 0 radical (unpaired) electrons. The molecule has 0 unspecified atom stereocenters. The zero-order chi connectivity index (χ0) is 18.5. The van der Waals surface area contributed by atoms with E-state index in [1.165, 1.54) is 0 Å². The Bertz CT molecular complexity index is 969. The summed E-state index contributed by atoms with van der Waals surface area (Å²) in [6, 6.07) is 12.2. The molecule has 5 heteroatoms. The molecule has 0 spiro atoms. The van der Waals surface area contributed by atoms with Crippen LogP contribution >= 0.6 is 0 Å². The van der Waals surface area contributed by atoms with E-state index in [4.69, 9.17) is 14.2 Å². The maximum Gasteiger partial charge on any atom is 0.162 e. The summed E-state index contributed by atoms with van der Waals surface area (Å²) in [6.07, 6.45) is 7.65. The van der Waals surface area contributed by atoms with E-state index in [1.807, 2.05) is 18.2 Å². The van der Waals surface area contributed by atoms with Crippen molar-refractivity contribution in [3.63, 3.8) is 0 Å². The third kappa shape index (κ3) is 3.93. The van der Waals surface area contributed by atoms with Gasteiger partial charge in [0.2, 0.25) is 0 Å². The van der Waals surface area contributed by atoms with E-state index in [-0.39, 0.29) is 0 Å². The van der Waals surface area contributed by atoms with Crippen molar-refractivity contribution < 1.29 is 14.2 Å². The number of allylic oxidation sites excluding steroid dienone is 1. The minimum absolute atomic E-state index is 0.573. The van der Waals surface area contributed by atoms with Crippen LogP contribution in [0.25, 0.3) is 22.2 Å². The summed E-state index contributed by atoms with van der Waals surface area (Å²) in [6.45, 7) is 1.80. The van der Waals surface area contributed by atoms with Gasteiger partial charge in [-0.05, 0) is 30.5 Å². The van der Waals surface area contributed by atoms with Crippen LogP contribution in [0.1, 0.15) is 18.4 Å². The van der Waals surface area contributed by atoms with Crippen LogP contribution in [-0.4, -0.2) is 30.3 Å². The molecule has 4 rings (SSSR count). The number of rotatable bonds is 1. The Hall–Kier alpha value is -2.92. The first-order chi connectivity index (χ1) is 13.3. The molecule has 138 valence electrons. The molecule has 27 heavy (non-hydrogen) atoms. The number of methoxy groups -OCH3 is 1. The van der Waals surface area contributed by atoms with Crippen molar-refractivity contribution >= 4 is 10.9 Å². The highest BCUT2D eigenvalue weighted by Crippen LogP contribution is 2.35. The summed E-state index contributed by atoms with van der Waals surface area (Å²) in [5.74, 6) is 1.41. The first kappa shape index (κ1) is 17.5. The summed E-state index contributed by atoms with van der Waals surface area (Å²) in [7, 11) is 1.65. The van der Waals surface area contributed by atoms with E-state index >= 15 is 0 Å². The second-order valence-electron chi connectivity index (χ2n) is 6.42. The number of hydrogen-bond donors (Lipinski definition) is 0. The molecule has 2 aromatic carbocycles. The molecular formula is C22H22N2O3. The Morgan fingerprint density at radius 2 is 2.04 bits per heavy atom. The number of fused-ring (bicyclic) bond motifs is 4. The largest absolute Gasteiger partial charge is 0.493 e. The fourth-order valence-corrected chi connectivity index (χ4v) is 3.19. The summed E-state index contributed by atoms with van der Waals surface area (Å²) in [5, 5.41) is 0.943. The zero-order valence-corrected chi connectivity index (χ0v) is 15.4. The van der Waals surface area contributed by atoms with Gasteiger partial charge in [0, 0.05) is 17.0 Å². The third-order valence-corrected chi connectivity index (χ3v) is 4.54. The van der Waals surface area contributed by atoms with E-state index in [0.29, 0.717) is 25.6 Å². The van der Waals surface area contributed by atoms with Crippen molar-refractivity contribution in [1.82, 2.24) is 9.97 Å². The average Bonchev–Trinajstić information content (AvgIpc) is 2.71. The summed E-state index contributed by atoms with van der Waals surface area (Å²) in [4.78, 5) is 8.96. The van der Waals surface area contributed by atoms with Gasteiger partial charge in [-0.2, -0.15) is 0 Å². The number of benzene rings is 2. The summed E-state index contributed by atoms with van der Waals surface area (Å²) in [5.41, 5.74) is 3.85. The van der Waals surface area contributed by atoms with Gasteiger partial charge in [0.25, 0.3) is 0 Å². The van der Waals surface area contributed by atoms with Gasteiger partial charge in [0.15, 0.2) is 11.5 Å². The molecule has 0 fully saturated rings. The van der Waals surface area contributed by atoms with Crippen LogP contribution in [0.15, 0.2) is 54.9 Å². The van der Waals surface area contributed by atoms with E-state index in [2.05, 4.69) is 40.3 Å². The van der Waals surface area contributed by atoms with Crippen molar-refractivity contribution in [3.05, 3.63) is 60.4 Å². The van der Waals surface area contributed by atoms with Crippen molar-refractivity contribution in [3.8, 4) is 22.8 Å². The topological polar surface area (TPSA) is 53.5 Å². The highest BCUT2D eigenvalue weighted by Gasteiger charge is 2.13. The van der Waals surface area contributed by atoms with Crippen LogP contribution in [0, 0.1) is 0 Å². The molecule has 1 aliphatic rings. The Balaban J connectivity index is 1.84. The standard InChI is InChI=1S/C22H22N2O3/c1-25-20-13-19-18-12-21(20)27-10-5-3-2-4-9-26-14-16-7-6-8-17(11-16)22(18)24-15-23-19/h2,4,6-8,11-13,15H,3,5,9-10,14H2,1H3/b4-2+. The molecule has 5 nitrogen and oxygen atoms in total. The lowest BCUT2D eigenvalue weighted by Crippen LogP contribution is -2.01. The van der Waals surface area contributed by atoms with Gasteiger partial charge in [-0.15, -0.1) is 0 Å². The number of aromatic nitrogens is 2. The van der Waals surface area contributed by atoms with Gasteiger partial charge in [-0.1, -0.05) is 30.4 Å². The maximum atomic E-state index is 6.00. The first-order valence-corrected chi connectivity index (χ1v) is 9.13. The van der Waals surface area contributed by atoms with Gasteiger partial charge < -0.3 is 14.2 Å². The van der Waals surface area contributed by atoms with Gasteiger partial charge in [-0.25, -0.2) is 9.97 Å². The van der Waals surface area contributed by atoms with E-state index in [9.17, 15) is 0 Å². The van der Waals surface area contributed by atoms with Gasteiger partial charge in [0.1, 0.15) is 6.33 Å². The SMILES string of the molecule is COc1cc2ncnc3c2cc1OCCC/C=C/COCc1cccc-3c1. The van der Waals surface area contributed by atoms with Crippen molar-refractivity contribution in [2.75, 3.05) is 20.3 Å². The fourth-order valence-electron chi connectivity index (χ4n) is 3.19. The normalized spacial score (nSPS) is 16.0. The minimum atomic E-state index is 0.573. The Labute approximate surface area is 158 Å². The minimum Gasteiger partial charge on any atom is -0.493 e. The fraction of sp³-hybridized carbons (Fsp3) is 0.273. The first-order valence-electron chi connectivity index (χ1n) is 9.13. The second kappa shape index (κ2) is 8.18. The zero-order valence-electron chi connectivity index (χ0n) is 15.4. The lowest BCUT2D eigenvalue weighted by Gasteiger charge is -2.14. The Morgan fingerprint density at radius 3 is 2.96 bits per heavy atom. The van der Waals surface area contributed by atoms with Crippen molar-refractivity contribution in [1.29, 1.82) is 0 Å². The van der Waals surface area contributed by atoms with Gasteiger partial charge in [-0.3, -0.25) is 0 Å². The molecule has 1 aliphatic heterocycles. The van der Waals surface area contributed by atoms with Crippen molar-refractivity contribution in [2.24, 2.45) is 0 Å².